The van der Waals surface area contributed by atoms with Gasteiger partial charge in [0.2, 0.25) is 0 Å². The van der Waals surface area contributed by atoms with E-state index in [4.69, 9.17) is 18.9 Å². The first-order chi connectivity index (χ1) is 13.9. The molecule has 7 nitrogen and oxygen atoms in total. The van der Waals surface area contributed by atoms with Crippen molar-refractivity contribution in [2.75, 3.05) is 6.61 Å². The Morgan fingerprint density at radius 2 is 1.83 bits per heavy atom. The molecule has 0 N–H and O–H groups in total. The summed E-state index contributed by atoms with van der Waals surface area (Å²) in [6, 6.07) is 9.17. The van der Waals surface area contributed by atoms with Crippen LogP contribution in [0.2, 0.25) is 0 Å². The van der Waals surface area contributed by atoms with Gasteiger partial charge in [0.05, 0.1) is 12.2 Å². The molecule has 0 spiro atoms. The van der Waals surface area contributed by atoms with Crippen molar-refractivity contribution < 1.29 is 33.3 Å². The van der Waals surface area contributed by atoms with Crippen molar-refractivity contribution in [3.63, 3.8) is 0 Å². The van der Waals surface area contributed by atoms with Gasteiger partial charge in [-0.15, -0.1) is 0 Å². The summed E-state index contributed by atoms with van der Waals surface area (Å²) < 4.78 is 21.7. The second kappa shape index (κ2) is 10.6. The van der Waals surface area contributed by atoms with E-state index < -0.39 is 30.1 Å². The van der Waals surface area contributed by atoms with E-state index in [9.17, 15) is 14.4 Å². The van der Waals surface area contributed by atoms with Crippen molar-refractivity contribution in [1.82, 2.24) is 0 Å². The quantitative estimate of drug-likeness (QED) is 0.409. The number of carbonyl (C=O) groups excluding carboxylic acids is 3. The molecule has 158 valence electrons. The van der Waals surface area contributed by atoms with Crippen molar-refractivity contribution >= 4 is 17.9 Å². The normalized spacial score (nSPS) is 18.4. The Labute approximate surface area is 171 Å². The van der Waals surface area contributed by atoms with Gasteiger partial charge in [-0.05, 0) is 25.3 Å². The topological polar surface area (TPSA) is 88.1 Å². The summed E-state index contributed by atoms with van der Waals surface area (Å²) in [6.07, 6.45) is 2.61. The smallest absolute Gasteiger partial charge is 0.341 e. The summed E-state index contributed by atoms with van der Waals surface area (Å²) in [4.78, 5) is 36.8. The first-order valence-electron chi connectivity index (χ1n) is 9.90. The van der Waals surface area contributed by atoms with E-state index in [2.05, 4.69) is 6.92 Å². The molecule has 1 aromatic rings. The fraction of sp³-hybridized carbons (Fsp3) is 0.500. The molecule has 2 rings (SSSR count). The van der Waals surface area contributed by atoms with Crippen LogP contribution in [-0.2, 0) is 39.9 Å². The molecular weight excluding hydrogens is 376 g/mol. The molecule has 0 saturated carbocycles. The lowest BCUT2D eigenvalue weighted by molar-refractivity contribution is -0.219. The number of hydrogen-bond donors (Lipinski definition) is 0. The van der Waals surface area contributed by atoms with Crippen LogP contribution >= 0.6 is 0 Å². The van der Waals surface area contributed by atoms with E-state index in [0.29, 0.717) is 12.0 Å². The zero-order valence-corrected chi connectivity index (χ0v) is 17.2. The Balaban J connectivity index is 2.22. The number of ether oxygens (including phenoxy) is 4. The van der Waals surface area contributed by atoms with Crippen LogP contribution in [0.4, 0.5) is 0 Å². The van der Waals surface area contributed by atoms with Crippen LogP contribution in [0.1, 0.15) is 58.4 Å². The van der Waals surface area contributed by atoms with E-state index in [1.807, 2.05) is 30.3 Å². The zero-order chi connectivity index (χ0) is 21.3. The van der Waals surface area contributed by atoms with Crippen LogP contribution in [0, 0.1) is 0 Å². The van der Waals surface area contributed by atoms with E-state index >= 15 is 0 Å². The predicted octanol–water partition coefficient (Wildman–Crippen LogP) is 3.81. The first-order valence-corrected chi connectivity index (χ1v) is 9.90. The van der Waals surface area contributed by atoms with Crippen molar-refractivity contribution in [3.05, 3.63) is 47.2 Å². The lowest BCUT2D eigenvalue weighted by atomic mass is 10.0. The third kappa shape index (κ3) is 6.07. The maximum Gasteiger partial charge on any atom is 0.341 e. The van der Waals surface area contributed by atoms with Gasteiger partial charge < -0.3 is 18.9 Å². The molecule has 1 aliphatic heterocycles. The van der Waals surface area contributed by atoms with Gasteiger partial charge in [-0.3, -0.25) is 9.59 Å². The Hall–Kier alpha value is -2.83. The van der Waals surface area contributed by atoms with Crippen LogP contribution in [0.5, 0.6) is 0 Å². The van der Waals surface area contributed by atoms with Gasteiger partial charge in [-0.1, -0.05) is 50.1 Å². The molecular formula is C22H28O7. The molecule has 0 aliphatic carbocycles. The second-order valence-corrected chi connectivity index (χ2v) is 6.76. The molecule has 1 aromatic carbocycles. The number of unbranched alkanes of at least 4 members (excludes halogenated alkanes) is 2. The highest BCUT2D eigenvalue weighted by Crippen LogP contribution is 2.40. The largest absolute Gasteiger partial charge is 0.490 e. The van der Waals surface area contributed by atoms with Crippen molar-refractivity contribution in [3.8, 4) is 0 Å². The summed E-state index contributed by atoms with van der Waals surface area (Å²) in [5, 5.41) is 0. The summed E-state index contributed by atoms with van der Waals surface area (Å²) in [5.74, 6) is -3.83. The van der Waals surface area contributed by atoms with Crippen molar-refractivity contribution in [1.29, 1.82) is 0 Å². The molecule has 7 heteroatoms. The molecule has 1 aliphatic rings. The number of hydrogen-bond acceptors (Lipinski definition) is 7. The maximum absolute atomic E-state index is 12.5. The number of rotatable bonds is 11. The monoisotopic (exact) mass is 404 g/mol. The van der Waals surface area contributed by atoms with E-state index in [1.54, 1.807) is 6.92 Å². The standard InChI is InChI=1S/C22H28O7/c1-4-6-8-13-18-20(26-5-2)22(28-16(3)23,29-21(18)25)14-19(24)27-15-17-11-9-7-10-12-17/h7,9-12H,4-6,8,13-15H2,1-3H3. The highest BCUT2D eigenvalue weighted by Gasteiger charge is 2.54. The minimum absolute atomic E-state index is 0.0564. The fourth-order valence-electron chi connectivity index (χ4n) is 3.12. The average molecular weight is 404 g/mol. The van der Waals surface area contributed by atoms with Crippen LogP contribution in [0.15, 0.2) is 41.7 Å². The predicted molar refractivity (Wildman–Crippen MR) is 104 cm³/mol. The molecule has 0 saturated heterocycles. The summed E-state index contributed by atoms with van der Waals surface area (Å²) in [5.41, 5.74) is 1.11. The molecule has 0 radical (unpaired) electrons. The third-order valence-corrected chi connectivity index (χ3v) is 4.37. The molecule has 29 heavy (non-hydrogen) atoms. The molecule has 0 amide bonds. The molecule has 0 bridgehead atoms. The van der Waals surface area contributed by atoms with Crippen molar-refractivity contribution in [2.24, 2.45) is 0 Å². The SMILES string of the molecule is CCCCCC1=C(OCC)C(CC(=O)OCc2ccccc2)(OC(C)=O)OC1=O. The fourth-order valence-corrected chi connectivity index (χ4v) is 3.12. The highest BCUT2D eigenvalue weighted by molar-refractivity contribution is 5.93. The number of benzene rings is 1. The number of cyclic esters (lactones) is 1. The van der Waals surface area contributed by atoms with Gasteiger partial charge in [0.1, 0.15) is 13.0 Å². The minimum atomic E-state index is -1.92. The number of esters is 3. The van der Waals surface area contributed by atoms with Gasteiger partial charge in [0.25, 0.3) is 0 Å². The minimum Gasteiger partial charge on any atom is -0.490 e. The lowest BCUT2D eigenvalue weighted by Gasteiger charge is -2.28. The number of carbonyl (C=O) groups is 3. The first kappa shape index (κ1) is 22.5. The van der Waals surface area contributed by atoms with Gasteiger partial charge in [0.15, 0.2) is 5.76 Å². The van der Waals surface area contributed by atoms with Crippen LogP contribution in [0.3, 0.4) is 0 Å². The summed E-state index contributed by atoms with van der Waals surface area (Å²) >= 11 is 0. The van der Waals surface area contributed by atoms with Crippen molar-refractivity contribution in [2.45, 2.75) is 65.3 Å². The Morgan fingerprint density at radius 3 is 2.45 bits per heavy atom. The maximum atomic E-state index is 12.5. The van der Waals surface area contributed by atoms with Gasteiger partial charge in [0, 0.05) is 6.92 Å². The Morgan fingerprint density at radius 1 is 1.10 bits per heavy atom. The van der Waals surface area contributed by atoms with Crippen LogP contribution < -0.4 is 0 Å². The molecule has 1 atom stereocenters. The third-order valence-electron chi connectivity index (χ3n) is 4.37. The highest BCUT2D eigenvalue weighted by atomic mass is 16.8. The van der Waals surface area contributed by atoms with Crippen LogP contribution in [0.25, 0.3) is 0 Å². The molecule has 0 fully saturated rings. The zero-order valence-electron chi connectivity index (χ0n) is 17.2. The molecule has 1 unspecified atom stereocenters. The van der Waals surface area contributed by atoms with E-state index in [1.165, 1.54) is 6.92 Å². The van der Waals surface area contributed by atoms with E-state index in [0.717, 1.165) is 24.8 Å². The summed E-state index contributed by atoms with van der Waals surface area (Å²) in [7, 11) is 0. The summed E-state index contributed by atoms with van der Waals surface area (Å²) in [6.45, 7) is 5.26. The lowest BCUT2D eigenvalue weighted by Crippen LogP contribution is -2.41. The Kier molecular flexibility index (Phi) is 8.24. The Bertz CT molecular complexity index is 754. The molecule has 0 aromatic heterocycles. The van der Waals surface area contributed by atoms with E-state index in [-0.39, 0.29) is 19.0 Å². The average Bonchev–Trinajstić information content (AvgIpc) is 2.92. The van der Waals surface area contributed by atoms with Gasteiger partial charge >= 0.3 is 23.7 Å². The second-order valence-electron chi connectivity index (χ2n) is 6.76. The van der Waals surface area contributed by atoms with Crippen LogP contribution in [-0.4, -0.2) is 30.3 Å². The molecule has 1 heterocycles. The van der Waals surface area contributed by atoms with Gasteiger partial charge in [-0.2, -0.15) is 0 Å². The van der Waals surface area contributed by atoms with Gasteiger partial charge in [-0.25, -0.2) is 4.79 Å².